The van der Waals surface area contributed by atoms with Crippen LogP contribution in [0.5, 0.6) is 5.75 Å². The van der Waals surface area contributed by atoms with Gasteiger partial charge < -0.3 is 15.0 Å². The van der Waals surface area contributed by atoms with E-state index < -0.39 is 34.3 Å². The van der Waals surface area contributed by atoms with Crippen molar-refractivity contribution in [2.75, 3.05) is 30.8 Å². The largest absolute Gasteiger partial charge is 0.495 e. The Kier molecular flexibility index (Phi) is 11.5. The van der Waals surface area contributed by atoms with Crippen LogP contribution in [0.2, 0.25) is 5.02 Å². The molecule has 3 aromatic rings. The molecule has 2 amide bonds. The van der Waals surface area contributed by atoms with E-state index in [4.69, 9.17) is 16.3 Å². The van der Waals surface area contributed by atoms with Crippen molar-refractivity contribution in [3.8, 4) is 5.75 Å². The lowest BCUT2D eigenvalue weighted by atomic mass is 10.0. The fourth-order valence-corrected chi connectivity index (χ4v) is 5.31. The predicted octanol–water partition coefficient (Wildman–Crippen LogP) is 4.81. The van der Waals surface area contributed by atoms with Crippen molar-refractivity contribution in [3.63, 3.8) is 0 Å². The van der Waals surface area contributed by atoms with Gasteiger partial charge in [0.05, 0.1) is 19.1 Å². The molecule has 0 aliphatic heterocycles. The molecule has 8 nitrogen and oxygen atoms in total. The quantitative estimate of drug-likeness (QED) is 0.267. The number of nitrogens with zero attached hydrogens (tertiary/aromatic N) is 2. The fourth-order valence-electron chi connectivity index (χ4n) is 4.30. The number of hydrogen-bond donors (Lipinski definition) is 1. The lowest BCUT2D eigenvalue weighted by molar-refractivity contribution is -0.140. The van der Waals surface area contributed by atoms with Crippen molar-refractivity contribution in [2.24, 2.45) is 0 Å². The summed E-state index contributed by atoms with van der Waals surface area (Å²) in [5, 5.41) is 3.17. The number of anilines is 1. The minimum atomic E-state index is -4.00. The Morgan fingerprint density at radius 1 is 1.02 bits per heavy atom. The zero-order valence-corrected chi connectivity index (χ0v) is 24.9. The van der Waals surface area contributed by atoms with E-state index >= 15 is 0 Å². The normalized spacial score (nSPS) is 11.9. The average molecular weight is 604 g/mol. The lowest BCUT2D eigenvalue weighted by Crippen LogP contribution is -2.53. The number of carbonyl (C=O) groups is 2. The van der Waals surface area contributed by atoms with Crippen LogP contribution >= 0.6 is 11.6 Å². The molecule has 0 saturated heterocycles. The van der Waals surface area contributed by atoms with E-state index in [-0.39, 0.29) is 35.3 Å². The van der Waals surface area contributed by atoms with E-state index in [2.05, 4.69) is 5.32 Å². The third-order valence-corrected chi connectivity index (χ3v) is 7.82. The van der Waals surface area contributed by atoms with E-state index in [1.54, 1.807) is 6.07 Å². The first kappa shape index (κ1) is 31.9. The molecule has 0 aliphatic rings. The lowest BCUT2D eigenvalue weighted by Gasteiger charge is -2.33. The predicted molar refractivity (Wildman–Crippen MR) is 159 cm³/mol. The van der Waals surface area contributed by atoms with Gasteiger partial charge in [-0.15, -0.1) is 0 Å². The molecule has 1 atom stereocenters. The molecule has 0 radical (unpaired) electrons. The summed E-state index contributed by atoms with van der Waals surface area (Å²) in [5.41, 5.74) is 1.48. The molecule has 3 aromatic carbocycles. The Balaban J connectivity index is 2.07. The van der Waals surface area contributed by atoms with Crippen molar-refractivity contribution in [2.45, 2.75) is 38.8 Å². The van der Waals surface area contributed by atoms with Crippen molar-refractivity contribution in [1.29, 1.82) is 0 Å². The highest BCUT2D eigenvalue weighted by atomic mass is 35.5. The van der Waals surface area contributed by atoms with Crippen LogP contribution in [0.4, 0.5) is 10.1 Å². The third kappa shape index (κ3) is 9.19. The topological polar surface area (TPSA) is 96.0 Å². The molecular weight excluding hydrogens is 569 g/mol. The first-order chi connectivity index (χ1) is 19.5. The molecule has 41 heavy (non-hydrogen) atoms. The summed E-state index contributed by atoms with van der Waals surface area (Å²) in [6.07, 6.45) is 2.79. The number of carbonyl (C=O) groups excluding carboxylic acids is 2. The molecule has 0 heterocycles. The number of unbranched alkanes of at least 4 members (excludes halogenated alkanes) is 1. The Morgan fingerprint density at radius 3 is 2.32 bits per heavy atom. The summed E-state index contributed by atoms with van der Waals surface area (Å²) in [7, 11) is -2.62. The van der Waals surface area contributed by atoms with Crippen LogP contribution < -0.4 is 14.4 Å². The van der Waals surface area contributed by atoms with Crippen molar-refractivity contribution in [3.05, 3.63) is 94.8 Å². The summed E-state index contributed by atoms with van der Waals surface area (Å²) in [6.45, 7) is 1.75. The van der Waals surface area contributed by atoms with Gasteiger partial charge in [0.25, 0.3) is 0 Å². The minimum absolute atomic E-state index is 0.0535. The first-order valence-corrected chi connectivity index (χ1v) is 15.4. The third-order valence-electron chi connectivity index (χ3n) is 6.46. The summed E-state index contributed by atoms with van der Waals surface area (Å²) in [6, 6.07) is 18.3. The molecule has 220 valence electrons. The number of sulfonamides is 1. The number of methoxy groups -OCH3 is 1. The van der Waals surface area contributed by atoms with Crippen LogP contribution in [0.15, 0.2) is 72.8 Å². The van der Waals surface area contributed by atoms with Crippen LogP contribution in [0.3, 0.4) is 0 Å². The molecule has 0 aliphatic carbocycles. The molecule has 0 fully saturated rings. The number of rotatable bonds is 14. The summed E-state index contributed by atoms with van der Waals surface area (Å²) in [5.74, 6) is -1.24. The molecule has 11 heteroatoms. The van der Waals surface area contributed by atoms with Crippen LogP contribution in [0.1, 0.15) is 30.9 Å². The van der Waals surface area contributed by atoms with E-state index in [1.165, 1.54) is 48.4 Å². The van der Waals surface area contributed by atoms with Gasteiger partial charge in [0.2, 0.25) is 21.8 Å². The summed E-state index contributed by atoms with van der Waals surface area (Å²) in [4.78, 5) is 29.0. The van der Waals surface area contributed by atoms with E-state index in [0.29, 0.717) is 12.1 Å². The molecular formula is C30H35ClFN3O5S. The van der Waals surface area contributed by atoms with Crippen LogP contribution in [0, 0.1) is 5.82 Å². The second-order valence-corrected chi connectivity index (χ2v) is 11.9. The van der Waals surface area contributed by atoms with Crippen molar-refractivity contribution in [1.82, 2.24) is 10.2 Å². The average Bonchev–Trinajstić information content (AvgIpc) is 2.94. The SMILES string of the molecule is CCCCNC(=O)[C@H](Cc1ccccc1)N(Cc1ccc(F)cc1)C(=O)CN(c1cc(Cl)ccc1OC)S(C)(=O)=O. The van der Waals surface area contributed by atoms with E-state index in [0.717, 1.165) is 29.0 Å². The molecule has 0 aromatic heterocycles. The van der Waals surface area contributed by atoms with Gasteiger partial charge in [0.1, 0.15) is 24.2 Å². The monoisotopic (exact) mass is 603 g/mol. The Morgan fingerprint density at radius 2 is 1.71 bits per heavy atom. The fraction of sp³-hybridized carbons (Fsp3) is 0.333. The second-order valence-electron chi connectivity index (χ2n) is 9.58. The van der Waals surface area contributed by atoms with Gasteiger partial charge in [-0.2, -0.15) is 0 Å². The second kappa shape index (κ2) is 14.8. The highest BCUT2D eigenvalue weighted by Gasteiger charge is 2.33. The summed E-state index contributed by atoms with van der Waals surface area (Å²) >= 11 is 6.17. The molecule has 0 spiro atoms. The highest BCUT2D eigenvalue weighted by Crippen LogP contribution is 2.33. The number of hydrogen-bond acceptors (Lipinski definition) is 5. The molecule has 0 bridgehead atoms. The maximum absolute atomic E-state index is 14.1. The van der Waals surface area contributed by atoms with E-state index in [1.807, 2.05) is 37.3 Å². The number of ether oxygens (including phenoxy) is 1. The Hall–Kier alpha value is -3.63. The van der Waals surface area contributed by atoms with Gasteiger partial charge in [-0.3, -0.25) is 13.9 Å². The zero-order chi connectivity index (χ0) is 30.0. The standard InChI is InChI=1S/C30H35ClFN3O5S/c1-4-5-17-33-30(37)27(18-22-9-7-6-8-10-22)34(20-23-11-14-25(32)15-12-23)29(36)21-35(41(3,38)39)26-19-24(31)13-16-28(26)40-2/h6-16,19,27H,4-5,17-18,20-21H2,1-3H3,(H,33,37)/t27-/m0/s1. The highest BCUT2D eigenvalue weighted by molar-refractivity contribution is 7.92. The zero-order valence-electron chi connectivity index (χ0n) is 23.3. The van der Waals surface area contributed by atoms with Gasteiger partial charge in [-0.05, 0) is 47.9 Å². The van der Waals surface area contributed by atoms with Crippen LogP contribution in [-0.2, 0) is 32.6 Å². The number of amides is 2. The first-order valence-electron chi connectivity index (χ1n) is 13.2. The van der Waals surface area contributed by atoms with Gasteiger partial charge in [0.15, 0.2) is 0 Å². The van der Waals surface area contributed by atoms with Crippen LogP contribution in [0.25, 0.3) is 0 Å². The molecule has 1 N–H and O–H groups in total. The molecule has 0 unspecified atom stereocenters. The summed E-state index contributed by atoms with van der Waals surface area (Å²) < 4.78 is 45.9. The minimum Gasteiger partial charge on any atom is -0.495 e. The maximum atomic E-state index is 14.1. The number of benzene rings is 3. The van der Waals surface area contributed by atoms with Gasteiger partial charge in [-0.1, -0.05) is 67.4 Å². The van der Waals surface area contributed by atoms with Gasteiger partial charge >= 0.3 is 0 Å². The number of halogens is 2. The van der Waals surface area contributed by atoms with Crippen LogP contribution in [-0.4, -0.2) is 57.6 Å². The van der Waals surface area contributed by atoms with Crippen molar-refractivity contribution >= 4 is 39.1 Å². The smallest absolute Gasteiger partial charge is 0.244 e. The maximum Gasteiger partial charge on any atom is 0.244 e. The van der Waals surface area contributed by atoms with E-state index in [9.17, 15) is 22.4 Å². The van der Waals surface area contributed by atoms with Crippen molar-refractivity contribution < 1.29 is 27.1 Å². The molecule has 0 saturated carbocycles. The Bertz CT molecular complexity index is 1420. The van der Waals surface area contributed by atoms with Gasteiger partial charge in [-0.25, -0.2) is 12.8 Å². The Labute approximate surface area is 246 Å². The molecule has 3 rings (SSSR count). The number of nitrogens with one attached hydrogen (secondary N) is 1. The van der Waals surface area contributed by atoms with Gasteiger partial charge in [0, 0.05) is 24.5 Å².